The molecule has 2 fully saturated rings. The molecular weight excluding hydrogens is 290 g/mol. The highest BCUT2D eigenvalue weighted by Crippen LogP contribution is 2.47. The maximum Gasteiger partial charge on any atom is 0.118 e. The molecule has 2 saturated carbocycles. The lowest BCUT2D eigenvalue weighted by molar-refractivity contribution is 0.0839. The fraction of sp³-hybridized carbons (Fsp3) is 0.611. The Morgan fingerprint density at radius 1 is 1.43 bits per heavy atom. The highest BCUT2D eigenvalue weighted by Gasteiger charge is 2.37. The van der Waals surface area contributed by atoms with Crippen molar-refractivity contribution in [1.82, 2.24) is 14.7 Å². The van der Waals surface area contributed by atoms with Crippen molar-refractivity contribution in [3.05, 3.63) is 42.1 Å². The summed E-state index contributed by atoms with van der Waals surface area (Å²) in [5.74, 6) is 3.56. The molecule has 2 aliphatic carbocycles. The van der Waals surface area contributed by atoms with Gasteiger partial charge in [0.05, 0.1) is 19.2 Å². The van der Waals surface area contributed by atoms with E-state index in [1.807, 2.05) is 12.3 Å². The average molecular weight is 315 g/mol. The summed E-state index contributed by atoms with van der Waals surface area (Å²) in [5.41, 5.74) is 0. The number of hydrogen-bond acceptors (Lipinski definition) is 4. The van der Waals surface area contributed by atoms with Crippen LogP contribution in [0.25, 0.3) is 0 Å². The molecule has 4 rings (SSSR count). The van der Waals surface area contributed by atoms with Crippen LogP contribution in [0.1, 0.15) is 43.6 Å². The van der Waals surface area contributed by atoms with Gasteiger partial charge >= 0.3 is 0 Å². The van der Waals surface area contributed by atoms with Gasteiger partial charge in [-0.25, -0.2) is 0 Å². The van der Waals surface area contributed by atoms with Crippen molar-refractivity contribution >= 4 is 0 Å². The van der Waals surface area contributed by atoms with E-state index in [0.717, 1.165) is 24.0 Å². The van der Waals surface area contributed by atoms with Crippen LogP contribution in [0.15, 0.2) is 35.0 Å². The lowest BCUT2D eigenvalue weighted by Crippen LogP contribution is -2.36. The van der Waals surface area contributed by atoms with Crippen molar-refractivity contribution in [3.8, 4) is 0 Å². The molecule has 0 radical (unpaired) electrons. The molecule has 0 unspecified atom stereocenters. The zero-order chi connectivity index (χ0) is 15.8. The zero-order valence-electron chi connectivity index (χ0n) is 13.6. The number of aromatic nitrogens is 2. The third kappa shape index (κ3) is 3.67. The summed E-state index contributed by atoms with van der Waals surface area (Å²) in [7, 11) is 0. The molecule has 0 spiro atoms. The maximum absolute atomic E-state index is 10.4. The Bertz CT molecular complexity index is 632. The van der Waals surface area contributed by atoms with Gasteiger partial charge in [-0.15, -0.1) is 0 Å². The molecule has 5 heteroatoms. The van der Waals surface area contributed by atoms with E-state index in [9.17, 15) is 5.11 Å². The fourth-order valence-electron chi connectivity index (χ4n) is 3.33. The monoisotopic (exact) mass is 315 g/mol. The summed E-state index contributed by atoms with van der Waals surface area (Å²) in [6.45, 7) is 4.27. The van der Waals surface area contributed by atoms with Crippen molar-refractivity contribution in [3.63, 3.8) is 0 Å². The smallest absolute Gasteiger partial charge is 0.118 e. The first-order chi connectivity index (χ1) is 11.2. The lowest BCUT2D eigenvalue weighted by atomic mass is 10.2. The molecule has 23 heavy (non-hydrogen) atoms. The van der Waals surface area contributed by atoms with Crippen LogP contribution in [0.5, 0.6) is 0 Å². The van der Waals surface area contributed by atoms with Crippen LogP contribution in [0.4, 0.5) is 0 Å². The molecule has 5 nitrogen and oxygen atoms in total. The Morgan fingerprint density at radius 2 is 2.26 bits per heavy atom. The van der Waals surface area contributed by atoms with Crippen LogP contribution >= 0.6 is 0 Å². The van der Waals surface area contributed by atoms with Crippen molar-refractivity contribution in [2.45, 2.75) is 57.3 Å². The first-order valence-electron chi connectivity index (χ1n) is 8.67. The number of furan rings is 1. The average Bonchev–Trinajstić information content (AvgIpc) is 3.39. The Kier molecular flexibility index (Phi) is 3.99. The van der Waals surface area contributed by atoms with Gasteiger partial charge in [-0.05, 0) is 43.4 Å². The molecule has 124 valence electrons. The molecule has 0 amide bonds. The third-order valence-corrected chi connectivity index (χ3v) is 4.98. The van der Waals surface area contributed by atoms with Gasteiger partial charge in [-0.2, -0.15) is 5.10 Å². The summed E-state index contributed by atoms with van der Waals surface area (Å²) in [6.07, 6.45) is 6.92. The first-order valence-corrected chi connectivity index (χ1v) is 8.67. The highest BCUT2D eigenvalue weighted by atomic mass is 16.3. The molecule has 3 atom stereocenters. The Labute approximate surface area is 136 Å². The van der Waals surface area contributed by atoms with E-state index in [0.29, 0.717) is 25.0 Å². The summed E-state index contributed by atoms with van der Waals surface area (Å²) in [5, 5.41) is 14.5. The van der Waals surface area contributed by atoms with E-state index in [1.165, 1.54) is 19.3 Å². The quantitative estimate of drug-likeness (QED) is 0.813. The van der Waals surface area contributed by atoms with Gasteiger partial charge in [0.25, 0.3) is 0 Å². The number of aliphatic hydroxyl groups excluding tert-OH is 1. The van der Waals surface area contributed by atoms with Crippen molar-refractivity contribution in [1.29, 1.82) is 0 Å². The second-order valence-corrected chi connectivity index (χ2v) is 7.17. The molecular formula is C18H25N3O2. The molecule has 0 bridgehead atoms. The minimum absolute atomic E-state index is 0.409. The third-order valence-electron chi connectivity index (χ3n) is 4.98. The van der Waals surface area contributed by atoms with Crippen molar-refractivity contribution in [2.24, 2.45) is 5.92 Å². The largest absolute Gasteiger partial charge is 0.464 e. The Morgan fingerprint density at radius 3 is 2.91 bits per heavy atom. The molecule has 0 aromatic carbocycles. The SMILES string of the molecule is C[C@@H]1C[C@@H]1c1ccc(CN(C[C@@H](O)Cn2cccn2)C2CC2)o1. The number of hydrogen-bond donors (Lipinski definition) is 1. The van der Waals surface area contributed by atoms with E-state index in [1.54, 1.807) is 10.9 Å². The zero-order valence-corrected chi connectivity index (χ0v) is 13.6. The van der Waals surface area contributed by atoms with Gasteiger partial charge in [0.15, 0.2) is 0 Å². The second kappa shape index (κ2) is 6.13. The Hall–Kier alpha value is -1.59. The molecule has 2 aromatic rings. The predicted molar refractivity (Wildman–Crippen MR) is 86.9 cm³/mol. The van der Waals surface area contributed by atoms with Crippen LogP contribution in [-0.2, 0) is 13.1 Å². The van der Waals surface area contributed by atoms with Gasteiger partial charge in [-0.3, -0.25) is 9.58 Å². The van der Waals surface area contributed by atoms with E-state index in [-0.39, 0.29) is 0 Å². The number of nitrogens with zero attached hydrogens (tertiary/aromatic N) is 3. The summed E-state index contributed by atoms with van der Waals surface area (Å²) in [6, 6.07) is 6.72. The number of rotatable bonds is 8. The maximum atomic E-state index is 10.4. The normalized spacial score (nSPS) is 25.0. The summed E-state index contributed by atoms with van der Waals surface area (Å²) >= 11 is 0. The minimum Gasteiger partial charge on any atom is -0.464 e. The van der Waals surface area contributed by atoms with Crippen LogP contribution < -0.4 is 0 Å². The topological polar surface area (TPSA) is 54.4 Å². The van der Waals surface area contributed by atoms with Gasteiger partial charge in [-0.1, -0.05) is 6.92 Å². The minimum atomic E-state index is -0.409. The number of aliphatic hydroxyl groups is 1. The molecule has 0 aliphatic heterocycles. The molecule has 1 N–H and O–H groups in total. The molecule has 2 heterocycles. The van der Waals surface area contributed by atoms with Crippen LogP contribution in [-0.4, -0.2) is 38.5 Å². The van der Waals surface area contributed by atoms with E-state index in [4.69, 9.17) is 4.42 Å². The van der Waals surface area contributed by atoms with E-state index >= 15 is 0 Å². The Balaban J connectivity index is 1.35. The fourth-order valence-corrected chi connectivity index (χ4v) is 3.33. The highest BCUT2D eigenvalue weighted by molar-refractivity contribution is 5.17. The van der Waals surface area contributed by atoms with Crippen molar-refractivity contribution in [2.75, 3.05) is 6.54 Å². The van der Waals surface area contributed by atoms with E-state index in [2.05, 4.69) is 29.1 Å². The molecule has 0 saturated heterocycles. The second-order valence-electron chi connectivity index (χ2n) is 7.17. The van der Waals surface area contributed by atoms with Gasteiger partial charge in [0, 0.05) is 30.9 Å². The van der Waals surface area contributed by atoms with E-state index < -0.39 is 6.10 Å². The van der Waals surface area contributed by atoms with Gasteiger partial charge in [0.2, 0.25) is 0 Å². The van der Waals surface area contributed by atoms with Gasteiger partial charge in [0.1, 0.15) is 11.5 Å². The predicted octanol–water partition coefficient (Wildman–Crippen LogP) is 2.63. The summed E-state index contributed by atoms with van der Waals surface area (Å²) < 4.78 is 7.82. The first kappa shape index (κ1) is 15.0. The molecule has 2 aliphatic rings. The summed E-state index contributed by atoms with van der Waals surface area (Å²) in [4.78, 5) is 2.35. The van der Waals surface area contributed by atoms with Crippen LogP contribution in [0.2, 0.25) is 0 Å². The van der Waals surface area contributed by atoms with Crippen LogP contribution in [0.3, 0.4) is 0 Å². The molecule has 2 aromatic heterocycles. The van der Waals surface area contributed by atoms with Crippen LogP contribution in [0, 0.1) is 5.92 Å². The van der Waals surface area contributed by atoms with Gasteiger partial charge < -0.3 is 9.52 Å². The standard InChI is InChI=1S/C18H25N3O2/c1-13-9-17(13)18-6-5-16(23-18)12-20(14-3-4-14)10-15(22)11-21-8-2-7-19-21/h2,5-8,13-15,17,22H,3-4,9-12H2,1H3/t13-,15-,17+/m1/s1. The van der Waals surface area contributed by atoms with Crippen molar-refractivity contribution < 1.29 is 9.52 Å². The lowest BCUT2D eigenvalue weighted by Gasteiger charge is -2.24.